The van der Waals surface area contributed by atoms with E-state index < -0.39 is 0 Å². The quantitative estimate of drug-likeness (QED) is 0.858. The molecule has 3 heteroatoms. The second-order valence-electron chi connectivity index (χ2n) is 5.35. The van der Waals surface area contributed by atoms with E-state index in [1.54, 1.807) is 6.07 Å². The zero-order valence-electron chi connectivity index (χ0n) is 11.3. The molecule has 0 amide bonds. The molecule has 0 spiro atoms. The normalized spacial score (nSPS) is 22.6. The summed E-state index contributed by atoms with van der Waals surface area (Å²) < 4.78 is 14.1. The molecule has 1 aliphatic rings. The van der Waals surface area contributed by atoms with E-state index in [1.165, 1.54) is 18.1 Å². The van der Waals surface area contributed by atoms with Crippen LogP contribution in [0.3, 0.4) is 0 Å². The van der Waals surface area contributed by atoms with Crippen LogP contribution in [0.25, 0.3) is 0 Å². The molecule has 1 aliphatic carbocycles. The van der Waals surface area contributed by atoms with E-state index in [0.29, 0.717) is 11.8 Å². The van der Waals surface area contributed by atoms with Crippen LogP contribution in [0.1, 0.15) is 29.5 Å². The Hall–Kier alpha value is -1.19. The second-order valence-corrected chi connectivity index (χ2v) is 6.20. The lowest BCUT2D eigenvalue weighted by Gasteiger charge is -2.18. The van der Waals surface area contributed by atoms with E-state index in [4.69, 9.17) is 0 Å². The largest absolute Gasteiger partial charge is 0.313 e. The van der Waals surface area contributed by atoms with Gasteiger partial charge in [-0.2, -0.15) is 0 Å². The number of rotatable bonds is 4. The summed E-state index contributed by atoms with van der Waals surface area (Å²) in [5, 5.41) is 3.39. The first-order chi connectivity index (χ1) is 9.70. The van der Waals surface area contributed by atoms with E-state index in [9.17, 15) is 4.39 Å². The third kappa shape index (κ3) is 2.65. The molecule has 3 unspecified atom stereocenters. The minimum atomic E-state index is -0.203. The SMILES string of the molecule is CNC(c1ccc(F)cc1Br)C1CC1c1ccccc1. The molecule has 3 rings (SSSR count). The monoisotopic (exact) mass is 333 g/mol. The highest BCUT2D eigenvalue weighted by Crippen LogP contribution is 2.54. The maximum Gasteiger partial charge on any atom is 0.124 e. The van der Waals surface area contributed by atoms with E-state index in [1.807, 2.05) is 19.2 Å². The summed E-state index contributed by atoms with van der Waals surface area (Å²) in [5.41, 5.74) is 2.54. The smallest absolute Gasteiger partial charge is 0.124 e. The summed E-state index contributed by atoms with van der Waals surface area (Å²) in [6, 6.07) is 15.8. The summed E-state index contributed by atoms with van der Waals surface area (Å²) in [4.78, 5) is 0. The fourth-order valence-electron chi connectivity index (χ4n) is 3.02. The van der Waals surface area contributed by atoms with Crippen molar-refractivity contribution < 1.29 is 4.39 Å². The molecule has 104 valence electrons. The molecular formula is C17H17BrFN. The van der Waals surface area contributed by atoms with Crippen LogP contribution in [0.15, 0.2) is 53.0 Å². The van der Waals surface area contributed by atoms with Gasteiger partial charge in [0, 0.05) is 10.5 Å². The molecule has 0 saturated heterocycles. The summed E-state index contributed by atoms with van der Waals surface area (Å²) in [5.74, 6) is 0.973. The zero-order valence-corrected chi connectivity index (χ0v) is 12.9. The van der Waals surface area contributed by atoms with Crippen molar-refractivity contribution in [2.24, 2.45) is 5.92 Å². The van der Waals surface area contributed by atoms with E-state index in [-0.39, 0.29) is 11.9 Å². The van der Waals surface area contributed by atoms with E-state index in [0.717, 1.165) is 10.0 Å². The molecular weight excluding hydrogens is 317 g/mol. The van der Waals surface area contributed by atoms with Crippen LogP contribution >= 0.6 is 15.9 Å². The van der Waals surface area contributed by atoms with Gasteiger partial charge >= 0.3 is 0 Å². The zero-order chi connectivity index (χ0) is 14.1. The standard InChI is InChI=1S/C17H17BrFN/c1-20-17(13-8-7-12(19)9-16(13)18)15-10-14(15)11-5-3-2-4-6-11/h2-9,14-15,17,20H,10H2,1H3. The molecule has 2 aromatic carbocycles. The Balaban J connectivity index is 1.82. The lowest BCUT2D eigenvalue weighted by atomic mass is 9.99. The van der Waals surface area contributed by atoms with Crippen LogP contribution in [-0.2, 0) is 0 Å². The van der Waals surface area contributed by atoms with Gasteiger partial charge in [0.2, 0.25) is 0 Å². The molecule has 0 bridgehead atoms. The predicted octanol–water partition coefficient (Wildman–Crippen LogP) is 4.65. The molecule has 2 aromatic rings. The number of hydrogen-bond acceptors (Lipinski definition) is 1. The van der Waals surface area contributed by atoms with Crippen molar-refractivity contribution in [2.45, 2.75) is 18.4 Å². The predicted molar refractivity (Wildman–Crippen MR) is 83.2 cm³/mol. The van der Waals surface area contributed by atoms with Crippen molar-refractivity contribution >= 4 is 15.9 Å². The van der Waals surface area contributed by atoms with Crippen LogP contribution in [-0.4, -0.2) is 7.05 Å². The van der Waals surface area contributed by atoms with Crippen LogP contribution in [0.4, 0.5) is 4.39 Å². The fraction of sp³-hybridized carbons (Fsp3) is 0.294. The highest BCUT2D eigenvalue weighted by Gasteiger charge is 2.44. The highest BCUT2D eigenvalue weighted by atomic mass is 79.9. The summed E-state index contributed by atoms with van der Waals surface area (Å²) in [7, 11) is 1.97. The molecule has 1 nitrogen and oxygen atoms in total. The van der Waals surface area contributed by atoms with Gasteiger partial charge in [-0.25, -0.2) is 4.39 Å². The first-order valence-electron chi connectivity index (χ1n) is 6.88. The summed E-state index contributed by atoms with van der Waals surface area (Å²) in [6.07, 6.45) is 1.18. The molecule has 0 heterocycles. The van der Waals surface area contributed by atoms with Gasteiger partial charge in [-0.15, -0.1) is 0 Å². The van der Waals surface area contributed by atoms with Gasteiger partial charge in [-0.3, -0.25) is 0 Å². The third-order valence-electron chi connectivity index (χ3n) is 4.10. The fourth-order valence-corrected chi connectivity index (χ4v) is 3.62. The van der Waals surface area contributed by atoms with Crippen molar-refractivity contribution in [1.82, 2.24) is 5.32 Å². The second kappa shape index (κ2) is 5.66. The van der Waals surface area contributed by atoms with E-state index in [2.05, 4.69) is 45.5 Å². The number of benzene rings is 2. The Kier molecular flexibility index (Phi) is 3.90. The Morgan fingerprint density at radius 3 is 2.60 bits per heavy atom. The maximum atomic E-state index is 13.2. The molecule has 1 saturated carbocycles. The Morgan fingerprint density at radius 2 is 1.95 bits per heavy atom. The van der Waals surface area contributed by atoms with Crippen LogP contribution in [0.5, 0.6) is 0 Å². The average molecular weight is 334 g/mol. The van der Waals surface area contributed by atoms with Gasteiger partial charge in [0.15, 0.2) is 0 Å². The van der Waals surface area contributed by atoms with Gasteiger partial charge in [0.05, 0.1) is 0 Å². The van der Waals surface area contributed by atoms with Crippen molar-refractivity contribution in [2.75, 3.05) is 7.05 Å². The third-order valence-corrected chi connectivity index (χ3v) is 4.79. The first kappa shape index (κ1) is 13.8. The molecule has 20 heavy (non-hydrogen) atoms. The summed E-state index contributed by atoms with van der Waals surface area (Å²) >= 11 is 3.48. The molecule has 0 aromatic heterocycles. The van der Waals surface area contributed by atoms with Crippen LogP contribution in [0.2, 0.25) is 0 Å². The van der Waals surface area contributed by atoms with Gasteiger partial charge in [-0.1, -0.05) is 52.3 Å². The average Bonchev–Trinajstić information content (AvgIpc) is 3.23. The number of hydrogen-bond donors (Lipinski definition) is 1. The Bertz CT molecular complexity index is 599. The minimum absolute atomic E-state index is 0.203. The number of halogens is 2. The topological polar surface area (TPSA) is 12.0 Å². The van der Waals surface area contributed by atoms with Crippen molar-refractivity contribution in [3.05, 3.63) is 69.9 Å². The van der Waals surface area contributed by atoms with Crippen LogP contribution in [0, 0.1) is 11.7 Å². The first-order valence-corrected chi connectivity index (χ1v) is 7.67. The van der Waals surface area contributed by atoms with Crippen molar-refractivity contribution in [3.63, 3.8) is 0 Å². The molecule has 1 N–H and O–H groups in total. The molecule has 1 fully saturated rings. The number of nitrogens with one attached hydrogen (secondary N) is 1. The molecule has 3 atom stereocenters. The summed E-state index contributed by atoms with van der Waals surface area (Å²) in [6.45, 7) is 0. The van der Waals surface area contributed by atoms with Crippen molar-refractivity contribution in [3.8, 4) is 0 Å². The molecule has 0 radical (unpaired) electrons. The van der Waals surface area contributed by atoms with Gasteiger partial charge < -0.3 is 5.32 Å². The Morgan fingerprint density at radius 1 is 1.20 bits per heavy atom. The van der Waals surface area contributed by atoms with Crippen molar-refractivity contribution in [1.29, 1.82) is 0 Å². The lowest BCUT2D eigenvalue weighted by Crippen LogP contribution is -2.19. The highest BCUT2D eigenvalue weighted by molar-refractivity contribution is 9.10. The van der Waals surface area contributed by atoms with Gasteiger partial charge in [-0.05, 0) is 48.6 Å². The lowest BCUT2D eigenvalue weighted by molar-refractivity contribution is 0.514. The maximum absolute atomic E-state index is 13.2. The van der Waals surface area contributed by atoms with E-state index >= 15 is 0 Å². The van der Waals surface area contributed by atoms with Crippen LogP contribution < -0.4 is 5.32 Å². The Labute approximate surface area is 127 Å². The molecule has 0 aliphatic heterocycles. The minimum Gasteiger partial charge on any atom is -0.313 e. The van der Waals surface area contributed by atoms with Gasteiger partial charge in [0.25, 0.3) is 0 Å². The van der Waals surface area contributed by atoms with Gasteiger partial charge in [0.1, 0.15) is 5.82 Å².